The van der Waals surface area contributed by atoms with Crippen LogP contribution in [0.1, 0.15) is 0 Å². The van der Waals surface area contributed by atoms with Gasteiger partial charge in [-0.1, -0.05) is 18.2 Å². The summed E-state index contributed by atoms with van der Waals surface area (Å²) in [6.45, 7) is 0.282. The third-order valence-corrected chi connectivity index (χ3v) is 2.32. The lowest BCUT2D eigenvalue weighted by atomic mass is 10.3. The Balaban J connectivity index is 1.86. The molecule has 0 amide bonds. The molecule has 0 N–H and O–H groups in total. The van der Waals surface area contributed by atoms with Gasteiger partial charge in [-0.15, -0.1) is 0 Å². The van der Waals surface area contributed by atoms with E-state index < -0.39 is 0 Å². The second-order valence-corrected chi connectivity index (χ2v) is 3.43. The first kappa shape index (κ1) is 9.09. The third kappa shape index (κ3) is 1.67. The fraction of sp³-hybridized carbons (Fsp3) is 0.0769. The second-order valence-electron chi connectivity index (χ2n) is 3.43. The van der Waals surface area contributed by atoms with E-state index in [-0.39, 0.29) is 6.79 Å². The van der Waals surface area contributed by atoms with Gasteiger partial charge in [0, 0.05) is 6.07 Å². The minimum Gasteiger partial charge on any atom is -0.457 e. The molecule has 0 aromatic heterocycles. The van der Waals surface area contributed by atoms with E-state index in [0.717, 1.165) is 23.0 Å². The Kier molecular flexibility index (Phi) is 2.14. The number of ether oxygens (including phenoxy) is 3. The highest BCUT2D eigenvalue weighted by Crippen LogP contribution is 2.36. The van der Waals surface area contributed by atoms with E-state index >= 15 is 0 Å². The van der Waals surface area contributed by atoms with Crippen molar-refractivity contribution in [2.45, 2.75) is 0 Å². The van der Waals surface area contributed by atoms with Gasteiger partial charge < -0.3 is 14.2 Å². The number of hydrogen-bond acceptors (Lipinski definition) is 3. The lowest BCUT2D eigenvalue weighted by Crippen LogP contribution is -1.92. The van der Waals surface area contributed by atoms with Crippen molar-refractivity contribution in [3.05, 3.63) is 48.5 Å². The lowest BCUT2D eigenvalue weighted by Gasteiger charge is -2.05. The fourth-order valence-electron chi connectivity index (χ4n) is 1.56. The first-order valence-electron chi connectivity index (χ1n) is 5.04. The van der Waals surface area contributed by atoms with E-state index in [9.17, 15) is 0 Å². The smallest absolute Gasteiger partial charge is 0.231 e. The molecule has 1 aliphatic heterocycles. The molecular formula is C13H10O3. The Morgan fingerprint density at radius 2 is 1.62 bits per heavy atom. The van der Waals surface area contributed by atoms with Crippen molar-refractivity contribution < 1.29 is 14.2 Å². The predicted octanol–water partition coefficient (Wildman–Crippen LogP) is 3.21. The Morgan fingerprint density at radius 1 is 0.812 bits per heavy atom. The van der Waals surface area contributed by atoms with Crippen molar-refractivity contribution in [3.8, 4) is 23.0 Å². The number of para-hydroxylation sites is 1. The van der Waals surface area contributed by atoms with Crippen LogP contribution in [0.25, 0.3) is 0 Å². The van der Waals surface area contributed by atoms with Gasteiger partial charge >= 0.3 is 0 Å². The standard InChI is InChI=1S/C13H10O3/c1-2-4-10(5-3-1)16-11-6-7-12-13(8-11)15-9-14-12/h1-8H,9H2. The molecule has 2 aromatic rings. The number of rotatable bonds is 2. The van der Waals surface area contributed by atoms with E-state index in [1.165, 1.54) is 0 Å². The van der Waals surface area contributed by atoms with Gasteiger partial charge in [0.05, 0.1) is 0 Å². The minimum absolute atomic E-state index is 0.282. The number of benzene rings is 2. The van der Waals surface area contributed by atoms with Gasteiger partial charge in [-0.05, 0) is 24.3 Å². The van der Waals surface area contributed by atoms with Crippen LogP contribution in [-0.4, -0.2) is 6.79 Å². The predicted molar refractivity (Wildman–Crippen MR) is 59.1 cm³/mol. The summed E-state index contributed by atoms with van der Waals surface area (Å²) in [5, 5.41) is 0. The summed E-state index contributed by atoms with van der Waals surface area (Å²) in [5.41, 5.74) is 0. The van der Waals surface area contributed by atoms with Crippen LogP contribution in [0, 0.1) is 0 Å². The molecule has 0 unspecified atom stereocenters. The van der Waals surface area contributed by atoms with E-state index in [1.54, 1.807) is 0 Å². The molecule has 3 nitrogen and oxygen atoms in total. The van der Waals surface area contributed by atoms with Gasteiger partial charge in [-0.25, -0.2) is 0 Å². The number of hydrogen-bond donors (Lipinski definition) is 0. The number of fused-ring (bicyclic) bond motifs is 1. The first-order valence-corrected chi connectivity index (χ1v) is 5.04. The summed E-state index contributed by atoms with van der Waals surface area (Å²) >= 11 is 0. The van der Waals surface area contributed by atoms with Crippen LogP contribution < -0.4 is 14.2 Å². The first-order chi connectivity index (χ1) is 7.92. The molecule has 3 heteroatoms. The average molecular weight is 214 g/mol. The molecule has 0 saturated heterocycles. The molecule has 0 aliphatic carbocycles. The normalized spacial score (nSPS) is 12.5. The summed E-state index contributed by atoms with van der Waals surface area (Å²) < 4.78 is 16.2. The van der Waals surface area contributed by atoms with E-state index in [2.05, 4.69) is 0 Å². The molecule has 0 saturated carbocycles. The quantitative estimate of drug-likeness (QED) is 0.768. The average Bonchev–Trinajstić information content (AvgIpc) is 2.77. The maximum atomic E-state index is 5.67. The van der Waals surface area contributed by atoms with Crippen molar-refractivity contribution >= 4 is 0 Å². The summed E-state index contributed by atoms with van der Waals surface area (Å²) in [5.74, 6) is 3.05. The molecule has 3 rings (SSSR count). The van der Waals surface area contributed by atoms with Crippen molar-refractivity contribution in [1.82, 2.24) is 0 Å². The van der Waals surface area contributed by atoms with E-state index in [0.29, 0.717) is 0 Å². The molecule has 2 aromatic carbocycles. The maximum absolute atomic E-state index is 5.67. The van der Waals surface area contributed by atoms with Crippen LogP contribution in [0.3, 0.4) is 0 Å². The molecule has 1 heterocycles. The van der Waals surface area contributed by atoms with Crippen molar-refractivity contribution in [1.29, 1.82) is 0 Å². The van der Waals surface area contributed by atoms with Gasteiger partial charge in [-0.2, -0.15) is 0 Å². The van der Waals surface area contributed by atoms with Crippen molar-refractivity contribution in [2.75, 3.05) is 6.79 Å². The molecule has 80 valence electrons. The zero-order chi connectivity index (χ0) is 10.8. The molecule has 0 radical (unpaired) electrons. The van der Waals surface area contributed by atoms with E-state index in [4.69, 9.17) is 14.2 Å². The van der Waals surface area contributed by atoms with Gasteiger partial charge in [0.2, 0.25) is 6.79 Å². The SMILES string of the molecule is c1ccc(Oc2ccc3c(c2)OCO3)cc1. The molecule has 0 fully saturated rings. The van der Waals surface area contributed by atoms with Gasteiger partial charge in [0.1, 0.15) is 11.5 Å². The largest absolute Gasteiger partial charge is 0.457 e. The van der Waals surface area contributed by atoms with Crippen LogP contribution in [0.15, 0.2) is 48.5 Å². The van der Waals surface area contributed by atoms with Gasteiger partial charge in [0.25, 0.3) is 0 Å². The van der Waals surface area contributed by atoms with Gasteiger partial charge in [0.15, 0.2) is 11.5 Å². The Bertz CT molecular complexity index is 494. The summed E-state index contributed by atoms with van der Waals surface area (Å²) in [4.78, 5) is 0. The lowest BCUT2D eigenvalue weighted by molar-refractivity contribution is 0.174. The summed E-state index contributed by atoms with van der Waals surface area (Å²) in [6, 6.07) is 15.2. The molecular weight excluding hydrogens is 204 g/mol. The van der Waals surface area contributed by atoms with Crippen molar-refractivity contribution in [2.24, 2.45) is 0 Å². The highest BCUT2D eigenvalue weighted by molar-refractivity contribution is 5.47. The summed E-state index contributed by atoms with van der Waals surface area (Å²) in [7, 11) is 0. The Morgan fingerprint density at radius 3 is 2.50 bits per heavy atom. The zero-order valence-corrected chi connectivity index (χ0v) is 8.55. The monoisotopic (exact) mass is 214 g/mol. The van der Waals surface area contributed by atoms with Crippen LogP contribution in [0.4, 0.5) is 0 Å². The van der Waals surface area contributed by atoms with Crippen LogP contribution >= 0.6 is 0 Å². The maximum Gasteiger partial charge on any atom is 0.231 e. The molecule has 0 atom stereocenters. The summed E-state index contributed by atoms with van der Waals surface area (Å²) in [6.07, 6.45) is 0. The molecule has 1 aliphatic rings. The fourth-order valence-corrected chi connectivity index (χ4v) is 1.56. The third-order valence-electron chi connectivity index (χ3n) is 2.32. The van der Waals surface area contributed by atoms with Gasteiger partial charge in [-0.3, -0.25) is 0 Å². The van der Waals surface area contributed by atoms with Crippen LogP contribution in [0.5, 0.6) is 23.0 Å². The van der Waals surface area contributed by atoms with Crippen LogP contribution in [0.2, 0.25) is 0 Å². The second kappa shape index (κ2) is 3.77. The molecule has 0 spiro atoms. The van der Waals surface area contributed by atoms with Crippen LogP contribution in [-0.2, 0) is 0 Å². The van der Waals surface area contributed by atoms with E-state index in [1.807, 2.05) is 48.5 Å². The molecule has 0 bridgehead atoms. The highest BCUT2D eigenvalue weighted by atomic mass is 16.7. The van der Waals surface area contributed by atoms with Crippen molar-refractivity contribution in [3.63, 3.8) is 0 Å². The minimum atomic E-state index is 0.282. The topological polar surface area (TPSA) is 27.7 Å². The Hall–Kier alpha value is -2.16. The Labute approximate surface area is 93.2 Å². The molecule has 16 heavy (non-hydrogen) atoms. The zero-order valence-electron chi connectivity index (χ0n) is 8.55. The highest BCUT2D eigenvalue weighted by Gasteiger charge is 2.13.